The Morgan fingerprint density at radius 1 is 1.30 bits per heavy atom. The predicted octanol–water partition coefficient (Wildman–Crippen LogP) is 2.75. The Bertz CT molecular complexity index is 582. The fourth-order valence-corrected chi connectivity index (χ4v) is 2.90. The number of carbonyl (C=O) groups excluding carboxylic acids is 1. The first-order valence-corrected chi connectivity index (χ1v) is 7.16. The van der Waals surface area contributed by atoms with Crippen molar-refractivity contribution in [2.24, 2.45) is 0 Å². The number of thiophene rings is 1. The number of methoxy groups -OCH3 is 1. The fraction of sp³-hybridized carbons (Fsp3) is 0.267. The molecule has 2 aromatic rings. The highest BCUT2D eigenvalue weighted by molar-refractivity contribution is 7.09. The SMILES string of the molecule is COC(=O)c1c(N)cccc1CN(C)Cc1cccs1. The third-order valence-electron chi connectivity index (χ3n) is 3.02. The molecule has 20 heavy (non-hydrogen) atoms. The minimum atomic E-state index is -0.386. The van der Waals surface area contributed by atoms with Gasteiger partial charge in [-0.25, -0.2) is 4.79 Å². The molecule has 1 heterocycles. The van der Waals surface area contributed by atoms with Gasteiger partial charge in [0.2, 0.25) is 0 Å². The summed E-state index contributed by atoms with van der Waals surface area (Å²) in [6.07, 6.45) is 0. The summed E-state index contributed by atoms with van der Waals surface area (Å²) in [5.41, 5.74) is 7.70. The lowest BCUT2D eigenvalue weighted by molar-refractivity contribution is 0.0599. The number of hydrogen-bond donors (Lipinski definition) is 1. The maximum Gasteiger partial charge on any atom is 0.340 e. The second-order valence-corrected chi connectivity index (χ2v) is 5.66. The lowest BCUT2D eigenvalue weighted by Gasteiger charge is -2.18. The van der Waals surface area contributed by atoms with E-state index in [0.717, 1.165) is 12.1 Å². The number of nitrogen functional groups attached to an aromatic ring is 1. The van der Waals surface area contributed by atoms with E-state index in [1.807, 2.05) is 25.2 Å². The lowest BCUT2D eigenvalue weighted by Crippen LogP contribution is -2.19. The van der Waals surface area contributed by atoms with Crippen molar-refractivity contribution in [2.45, 2.75) is 13.1 Å². The predicted molar refractivity (Wildman–Crippen MR) is 81.7 cm³/mol. The zero-order valence-corrected chi connectivity index (χ0v) is 12.4. The highest BCUT2D eigenvalue weighted by atomic mass is 32.1. The Labute approximate surface area is 122 Å². The molecule has 1 aromatic heterocycles. The monoisotopic (exact) mass is 290 g/mol. The molecule has 0 amide bonds. The van der Waals surface area contributed by atoms with Crippen LogP contribution in [-0.4, -0.2) is 25.0 Å². The normalized spacial score (nSPS) is 10.8. The number of nitrogens with zero attached hydrogens (tertiary/aromatic N) is 1. The van der Waals surface area contributed by atoms with Crippen LogP contribution in [-0.2, 0) is 17.8 Å². The van der Waals surface area contributed by atoms with Crippen molar-refractivity contribution in [3.8, 4) is 0 Å². The molecular formula is C15H18N2O2S. The quantitative estimate of drug-likeness (QED) is 0.679. The van der Waals surface area contributed by atoms with Crippen LogP contribution in [0.4, 0.5) is 5.69 Å². The first-order chi connectivity index (χ1) is 9.61. The molecule has 0 aliphatic rings. The average molecular weight is 290 g/mol. The van der Waals surface area contributed by atoms with Gasteiger partial charge in [-0.2, -0.15) is 0 Å². The van der Waals surface area contributed by atoms with Crippen LogP contribution in [0, 0.1) is 0 Å². The Hall–Kier alpha value is -1.85. The van der Waals surface area contributed by atoms with Gasteiger partial charge < -0.3 is 10.5 Å². The maximum absolute atomic E-state index is 11.8. The molecule has 2 rings (SSSR count). The van der Waals surface area contributed by atoms with Crippen LogP contribution < -0.4 is 5.73 Å². The number of rotatable bonds is 5. The summed E-state index contributed by atoms with van der Waals surface area (Å²) in [6.45, 7) is 1.49. The minimum absolute atomic E-state index is 0.386. The highest BCUT2D eigenvalue weighted by Gasteiger charge is 2.16. The van der Waals surface area contributed by atoms with Gasteiger partial charge in [0.1, 0.15) is 0 Å². The van der Waals surface area contributed by atoms with E-state index in [1.165, 1.54) is 12.0 Å². The molecule has 0 saturated carbocycles. The summed E-state index contributed by atoms with van der Waals surface area (Å²) < 4.78 is 4.81. The molecule has 106 valence electrons. The Morgan fingerprint density at radius 2 is 2.10 bits per heavy atom. The molecule has 4 nitrogen and oxygen atoms in total. The smallest absolute Gasteiger partial charge is 0.340 e. The van der Waals surface area contributed by atoms with Gasteiger partial charge in [-0.15, -0.1) is 11.3 Å². The molecule has 2 N–H and O–H groups in total. The number of hydrogen-bond acceptors (Lipinski definition) is 5. The van der Waals surface area contributed by atoms with Crippen molar-refractivity contribution in [3.05, 3.63) is 51.7 Å². The molecule has 0 fully saturated rings. The molecule has 5 heteroatoms. The van der Waals surface area contributed by atoms with Gasteiger partial charge in [-0.3, -0.25) is 4.90 Å². The highest BCUT2D eigenvalue weighted by Crippen LogP contribution is 2.20. The molecule has 0 unspecified atom stereocenters. The van der Waals surface area contributed by atoms with Crippen molar-refractivity contribution >= 4 is 23.0 Å². The van der Waals surface area contributed by atoms with Crippen molar-refractivity contribution in [2.75, 3.05) is 19.9 Å². The van der Waals surface area contributed by atoms with E-state index in [-0.39, 0.29) is 5.97 Å². The number of nitrogens with two attached hydrogens (primary N) is 1. The summed E-state index contributed by atoms with van der Waals surface area (Å²) in [5, 5.41) is 2.06. The van der Waals surface area contributed by atoms with Gasteiger partial charge in [-0.05, 0) is 30.1 Å². The molecule has 0 saturated heterocycles. The zero-order chi connectivity index (χ0) is 14.5. The maximum atomic E-state index is 11.8. The minimum Gasteiger partial charge on any atom is -0.465 e. The standard InChI is InChI=1S/C15H18N2O2S/c1-17(10-12-6-4-8-20-12)9-11-5-3-7-13(16)14(11)15(18)19-2/h3-8H,9-10,16H2,1-2H3. The summed E-state index contributed by atoms with van der Waals surface area (Å²) in [6, 6.07) is 9.62. The van der Waals surface area contributed by atoms with E-state index < -0.39 is 0 Å². The molecule has 0 radical (unpaired) electrons. The zero-order valence-electron chi connectivity index (χ0n) is 11.6. The van der Waals surface area contributed by atoms with Gasteiger partial charge in [0, 0.05) is 23.7 Å². The summed E-state index contributed by atoms with van der Waals surface area (Å²) in [7, 11) is 3.39. The van der Waals surface area contributed by atoms with Crippen molar-refractivity contribution in [3.63, 3.8) is 0 Å². The molecule has 0 spiro atoms. The molecule has 0 aliphatic heterocycles. The number of benzene rings is 1. The second-order valence-electron chi connectivity index (χ2n) is 4.62. The first-order valence-electron chi connectivity index (χ1n) is 6.28. The largest absolute Gasteiger partial charge is 0.465 e. The van der Waals surface area contributed by atoms with Gasteiger partial charge >= 0.3 is 5.97 Å². The van der Waals surface area contributed by atoms with E-state index >= 15 is 0 Å². The van der Waals surface area contributed by atoms with Crippen LogP contribution in [0.25, 0.3) is 0 Å². The lowest BCUT2D eigenvalue weighted by atomic mass is 10.0. The van der Waals surface area contributed by atoms with Crippen LogP contribution >= 0.6 is 11.3 Å². The van der Waals surface area contributed by atoms with Crippen LogP contribution in [0.15, 0.2) is 35.7 Å². The van der Waals surface area contributed by atoms with E-state index in [4.69, 9.17) is 10.5 Å². The topological polar surface area (TPSA) is 55.6 Å². The van der Waals surface area contributed by atoms with Crippen LogP contribution in [0.5, 0.6) is 0 Å². The van der Waals surface area contributed by atoms with Crippen molar-refractivity contribution < 1.29 is 9.53 Å². The third-order valence-corrected chi connectivity index (χ3v) is 3.88. The van der Waals surface area contributed by atoms with E-state index in [2.05, 4.69) is 16.3 Å². The third kappa shape index (κ3) is 3.37. The number of carbonyl (C=O) groups is 1. The molecule has 0 atom stereocenters. The summed E-state index contributed by atoms with van der Waals surface area (Å²) >= 11 is 1.72. The van der Waals surface area contributed by atoms with Gasteiger partial charge in [0.25, 0.3) is 0 Å². The van der Waals surface area contributed by atoms with Gasteiger partial charge in [0.15, 0.2) is 0 Å². The number of ether oxygens (including phenoxy) is 1. The molecular weight excluding hydrogens is 272 g/mol. The van der Waals surface area contributed by atoms with Gasteiger partial charge in [0.05, 0.1) is 12.7 Å². The number of anilines is 1. The Morgan fingerprint density at radius 3 is 2.75 bits per heavy atom. The Kier molecular flexibility index (Phi) is 4.76. The van der Waals surface area contributed by atoms with E-state index in [0.29, 0.717) is 17.8 Å². The van der Waals surface area contributed by atoms with Crippen LogP contribution in [0.1, 0.15) is 20.8 Å². The van der Waals surface area contributed by atoms with Crippen LogP contribution in [0.3, 0.4) is 0 Å². The van der Waals surface area contributed by atoms with Crippen LogP contribution in [0.2, 0.25) is 0 Å². The number of esters is 1. The first kappa shape index (κ1) is 14.6. The van der Waals surface area contributed by atoms with Crippen molar-refractivity contribution in [1.82, 2.24) is 4.90 Å². The second kappa shape index (κ2) is 6.54. The summed E-state index contributed by atoms with van der Waals surface area (Å²) in [5.74, 6) is -0.386. The molecule has 0 bridgehead atoms. The molecule has 0 aliphatic carbocycles. The Balaban J connectivity index is 2.16. The van der Waals surface area contributed by atoms with Crippen molar-refractivity contribution in [1.29, 1.82) is 0 Å². The fourth-order valence-electron chi connectivity index (χ4n) is 2.12. The average Bonchev–Trinajstić information content (AvgIpc) is 2.91. The van der Waals surface area contributed by atoms with E-state index in [1.54, 1.807) is 17.4 Å². The van der Waals surface area contributed by atoms with Gasteiger partial charge in [-0.1, -0.05) is 18.2 Å². The molecule has 1 aromatic carbocycles. The summed E-state index contributed by atoms with van der Waals surface area (Å²) in [4.78, 5) is 15.3. The van der Waals surface area contributed by atoms with E-state index in [9.17, 15) is 4.79 Å².